The van der Waals surface area contributed by atoms with Gasteiger partial charge in [0.05, 0.1) is 15.6 Å². The van der Waals surface area contributed by atoms with E-state index in [9.17, 15) is 13.2 Å². The molecule has 28 heavy (non-hydrogen) atoms. The van der Waals surface area contributed by atoms with Crippen molar-refractivity contribution in [2.75, 3.05) is 11.3 Å². The summed E-state index contributed by atoms with van der Waals surface area (Å²) in [6.45, 7) is 1.11. The number of thiophene rings is 1. The summed E-state index contributed by atoms with van der Waals surface area (Å²) in [5.41, 5.74) is 2.95. The topological polar surface area (TPSA) is 66.5 Å². The summed E-state index contributed by atoms with van der Waals surface area (Å²) >= 11 is 6.83. The lowest BCUT2D eigenvalue weighted by atomic mass is 9.99. The lowest BCUT2D eigenvalue weighted by Crippen LogP contribution is -2.36. The van der Waals surface area contributed by atoms with Crippen molar-refractivity contribution in [3.05, 3.63) is 81.7 Å². The molecule has 144 valence electrons. The molecule has 4 rings (SSSR count). The highest BCUT2D eigenvalue weighted by molar-refractivity contribution is 7.94. The second-order valence-electron chi connectivity index (χ2n) is 6.46. The monoisotopic (exact) mass is 432 g/mol. The fourth-order valence-electron chi connectivity index (χ4n) is 3.24. The number of amides is 1. The number of hydrogen-bond acceptors (Lipinski definition) is 4. The molecule has 0 radical (unpaired) electrons. The highest BCUT2D eigenvalue weighted by Gasteiger charge is 2.25. The zero-order valence-electron chi connectivity index (χ0n) is 14.8. The van der Waals surface area contributed by atoms with Gasteiger partial charge in [-0.15, -0.1) is 11.3 Å². The molecule has 1 aliphatic rings. The van der Waals surface area contributed by atoms with E-state index in [1.54, 1.807) is 29.2 Å². The Kier molecular flexibility index (Phi) is 5.14. The van der Waals surface area contributed by atoms with Crippen molar-refractivity contribution in [1.29, 1.82) is 0 Å². The number of para-hydroxylation sites is 1. The maximum atomic E-state index is 13.1. The Morgan fingerprint density at radius 1 is 1.00 bits per heavy atom. The third kappa shape index (κ3) is 3.78. The van der Waals surface area contributed by atoms with E-state index in [2.05, 4.69) is 10.8 Å². The second-order valence-corrected chi connectivity index (χ2v) is 10.1. The minimum atomic E-state index is -3.81. The molecule has 1 N–H and O–H groups in total. The highest BCUT2D eigenvalue weighted by Crippen LogP contribution is 2.29. The van der Waals surface area contributed by atoms with E-state index in [-0.39, 0.29) is 15.8 Å². The van der Waals surface area contributed by atoms with Crippen molar-refractivity contribution in [1.82, 2.24) is 4.90 Å². The van der Waals surface area contributed by atoms with Crippen molar-refractivity contribution in [2.45, 2.75) is 17.2 Å². The van der Waals surface area contributed by atoms with E-state index in [4.69, 9.17) is 11.6 Å². The summed E-state index contributed by atoms with van der Waals surface area (Å²) < 4.78 is 28.3. The van der Waals surface area contributed by atoms with E-state index in [1.165, 1.54) is 17.7 Å². The molecule has 5 nitrogen and oxygen atoms in total. The Morgan fingerprint density at radius 3 is 2.46 bits per heavy atom. The molecule has 0 bridgehead atoms. The zero-order chi connectivity index (χ0) is 19.7. The van der Waals surface area contributed by atoms with E-state index >= 15 is 0 Å². The average Bonchev–Trinajstić information content (AvgIpc) is 3.15. The molecule has 0 saturated carbocycles. The number of halogens is 1. The summed E-state index contributed by atoms with van der Waals surface area (Å²) in [6, 6.07) is 17.7. The predicted octanol–water partition coefficient (Wildman–Crippen LogP) is 4.40. The minimum absolute atomic E-state index is 0.103. The van der Waals surface area contributed by atoms with Gasteiger partial charge in [0.15, 0.2) is 0 Å². The smallest absolute Gasteiger partial charge is 0.271 e. The first-order valence-electron chi connectivity index (χ1n) is 8.67. The number of nitrogens with zero attached hydrogens (tertiary/aromatic N) is 1. The minimum Gasteiger partial charge on any atom is -0.334 e. The number of carbonyl (C=O) groups excluding carboxylic acids is 1. The molecule has 1 amide bonds. The van der Waals surface area contributed by atoms with Gasteiger partial charge in [0.2, 0.25) is 0 Å². The quantitative estimate of drug-likeness (QED) is 0.664. The molecule has 2 aromatic carbocycles. The summed E-state index contributed by atoms with van der Waals surface area (Å²) in [5.74, 6) is -0.197. The molecule has 0 fully saturated rings. The largest absolute Gasteiger partial charge is 0.334 e. The van der Waals surface area contributed by atoms with Crippen LogP contribution in [-0.2, 0) is 23.0 Å². The molecule has 8 heteroatoms. The Morgan fingerprint density at radius 2 is 1.71 bits per heavy atom. The number of anilines is 1. The Labute approximate surface area is 172 Å². The Balaban J connectivity index is 1.61. The van der Waals surface area contributed by atoms with Gasteiger partial charge < -0.3 is 4.90 Å². The fraction of sp³-hybridized carbons (Fsp3) is 0.150. The Bertz CT molecular complexity index is 1140. The molecule has 0 aliphatic carbocycles. The van der Waals surface area contributed by atoms with Crippen LogP contribution in [-0.4, -0.2) is 25.8 Å². The molecule has 2 heterocycles. The number of nitrogens with one attached hydrogen (secondary N) is 1. The first-order valence-corrected chi connectivity index (χ1v) is 11.3. The van der Waals surface area contributed by atoms with Crippen LogP contribution in [0.1, 0.15) is 21.5 Å². The van der Waals surface area contributed by atoms with Crippen molar-refractivity contribution in [2.24, 2.45) is 0 Å². The average molecular weight is 433 g/mol. The normalized spacial score (nSPS) is 13.8. The Hall–Kier alpha value is -2.35. The number of benzene rings is 2. The standard InChI is InChI=1S/C20H17ClN2O3S2/c21-18-9-10-19(27-18)28(25,26)22-17-8-4-3-7-16(17)20(24)23-12-11-14-5-1-2-6-15(14)13-23/h1-10,22H,11-13H2. The number of carbonyl (C=O) groups is 1. The van der Waals surface area contributed by atoms with Gasteiger partial charge in [-0.3, -0.25) is 9.52 Å². The summed E-state index contributed by atoms with van der Waals surface area (Å²) in [5, 5.41) is 0. The van der Waals surface area contributed by atoms with Crippen molar-refractivity contribution >= 4 is 44.6 Å². The van der Waals surface area contributed by atoms with Gasteiger partial charge in [-0.2, -0.15) is 0 Å². The van der Waals surface area contributed by atoms with Crippen LogP contribution in [0.4, 0.5) is 5.69 Å². The van der Waals surface area contributed by atoms with Crippen LogP contribution in [0.15, 0.2) is 64.9 Å². The molecule has 0 atom stereocenters. The maximum Gasteiger partial charge on any atom is 0.271 e. The third-order valence-electron chi connectivity index (χ3n) is 4.63. The van der Waals surface area contributed by atoms with Crippen LogP contribution in [0.25, 0.3) is 0 Å². The van der Waals surface area contributed by atoms with Gasteiger partial charge >= 0.3 is 0 Å². The SMILES string of the molecule is O=C(c1ccccc1NS(=O)(=O)c1ccc(Cl)s1)N1CCc2ccccc2C1. The third-order valence-corrected chi connectivity index (χ3v) is 7.72. The first kappa shape index (κ1) is 19.0. The van der Waals surface area contributed by atoms with Gasteiger partial charge in [0.1, 0.15) is 4.21 Å². The van der Waals surface area contributed by atoms with Crippen LogP contribution >= 0.6 is 22.9 Å². The second kappa shape index (κ2) is 7.58. The van der Waals surface area contributed by atoms with Gasteiger partial charge in [0.25, 0.3) is 15.9 Å². The number of fused-ring (bicyclic) bond motifs is 1. The first-order chi connectivity index (χ1) is 13.4. The highest BCUT2D eigenvalue weighted by atomic mass is 35.5. The lowest BCUT2D eigenvalue weighted by molar-refractivity contribution is 0.0736. The molecule has 1 aromatic heterocycles. The van der Waals surface area contributed by atoms with Gasteiger partial charge in [-0.05, 0) is 41.8 Å². The molecular formula is C20H17ClN2O3S2. The van der Waals surface area contributed by atoms with Gasteiger partial charge in [-0.1, -0.05) is 48.0 Å². The van der Waals surface area contributed by atoms with Gasteiger partial charge in [-0.25, -0.2) is 8.42 Å². The van der Waals surface area contributed by atoms with E-state index < -0.39 is 10.0 Å². The predicted molar refractivity (Wildman–Crippen MR) is 111 cm³/mol. The van der Waals surface area contributed by atoms with E-state index in [0.717, 1.165) is 23.3 Å². The summed E-state index contributed by atoms with van der Waals surface area (Å²) in [7, 11) is -3.81. The molecule has 1 aliphatic heterocycles. The van der Waals surface area contributed by atoms with Crippen LogP contribution in [0, 0.1) is 0 Å². The van der Waals surface area contributed by atoms with Crippen molar-refractivity contribution in [3.8, 4) is 0 Å². The maximum absolute atomic E-state index is 13.1. The molecule has 0 unspecified atom stereocenters. The number of sulfonamides is 1. The van der Waals surface area contributed by atoms with Crippen LogP contribution < -0.4 is 4.72 Å². The molecular weight excluding hydrogens is 416 g/mol. The van der Waals surface area contributed by atoms with Crippen molar-refractivity contribution < 1.29 is 13.2 Å². The molecule has 3 aromatic rings. The van der Waals surface area contributed by atoms with Crippen molar-refractivity contribution in [3.63, 3.8) is 0 Å². The van der Waals surface area contributed by atoms with Gasteiger partial charge in [0, 0.05) is 13.1 Å². The lowest BCUT2D eigenvalue weighted by Gasteiger charge is -2.29. The summed E-state index contributed by atoms with van der Waals surface area (Å²) in [4.78, 5) is 14.9. The van der Waals surface area contributed by atoms with Crippen LogP contribution in [0.3, 0.4) is 0 Å². The van der Waals surface area contributed by atoms with Crippen LogP contribution in [0.5, 0.6) is 0 Å². The molecule has 0 spiro atoms. The number of hydrogen-bond donors (Lipinski definition) is 1. The number of rotatable bonds is 4. The fourth-order valence-corrected chi connectivity index (χ4v) is 5.80. The summed E-state index contributed by atoms with van der Waals surface area (Å²) in [6.07, 6.45) is 0.781. The van der Waals surface area contributed by atoms with E-state index in [1.807, 2.05) is 18.2 Å². The van der Waals surface area contributed by atoms with Crippen LogP contribution in [0.2, 0.25) is 4.34 Å². The zero-order valence-corrected chi connectivity index (χ0v) is 17.2. The van der Waals surface area contributed by atoms with E-state index in [0.29, 0.717) is 23.0 Å². The molecule has 0 saturated heterocycles.